The first-order chi connectivity index (χ1) is 16.1. The van der Waals surface area contributed by atoms with Gasteiger partial charge in [-0.3, -0.25) is 14.2 Å². The van der Waals surface area contributed by atoms with Crippen LogP contribution < -0.4 is 15.8 Å². The van der Waals surface area contributed by atoms with Gasteiger partial charge < -0.3 is 10.2 Å². The third-order valence-electron chi connectivity index (χ3n) is 5.85. The van der Waals surface area contributed by atoms with Gasteiger partial charge in [-0.25, -0.2) is 9.37 Å². The minimum atomic E-state index is -0.429. The van der Waals surface area contributed by atoms with Crippen molar-refractivity contribution in [3.8, 4) is 0 Å². The molecule has 0 atom stereocenters. The van der Waals surface area contributed by atoms with Crippen molar-refractivity contribution in [1.29, 1.82) is 0 Å². The van der Waals surface area contributed by atoms with E-state index < -0.39 is 5.82 Å². The van der Waals surface area contributed by atoms with Gasteiger partial charge in [0, 0.05) is 24.3 Å². The molecule has 0 unspecified atom stereocenters. The molecule has 0 radical (unpaired) electrons. The van der Waals surface area contributed by atoms with E-state index in [0.29, 0.717) is 34.6 Å². The Hall–Kier alpha value is -4.00. The average molecular weight is 442 g/mol. The Labute approximate surface area is 190 Å². The van der Waals surface area contributed by atoms with E-state index >= 15 is 0 Å². The molecule has 0 aliphatic carbocycles. The van der Waals surface area contributed by atoms with Crippen LogP contribution in [0.15, 0.2) is 77.6 Å². The van der Waals surface area contributed by atoms with Gasteiger partial charge in [-0.15, -0.1) is 0 Å². The topological polar surface area (TPSA) is 67.2 Å². The predicted molar refractivity (Wildman–Crippen MR) is 127 cm³/mol. The van der Waals surface area contributed by atoms with E-state index in [4.69, 9.17) is 4.98 Å². The summed E-state index contributed by atoms with van der Waals surface area (Å²) < 4.78 is 15.2. The molecule has 1 saturated heterocycles. The Kier molecular flexibility index (Phi) is 5.60. The average Bonchev–Trinajstić information content (AvgIpc) is 3.36. The van der Waals surface area contributed by atoms with Crippen molar-refractivity contribution in [3.63, 3.8) is 0 Å². The summed E-state index contributed by atoms with van der Waals surface area (Å²) in [5, 5.41) is 3.15. The number of rotatable bonds is 5. The number of hydrogen-bond acceptors (Lipinski definition) is 4. The van der Waals surface area contributed by atoms with Crippen LogP contribution in [0, 0.1) is 5.82 Å². The monoisotopic (exact) mass is 442 g/mol. The fourth-order valence-electron chi connectivity index (χ4n) is 4.19. The highest BCUT2D eigenvalue weighted by Gasteiger charge is 2.21. The van der Waals surface area contributed by atoms with Gasteiger partial charge in [0.2, 0.25) is 5.95 Å². The smallest absolute Gasteiger partial charge is 0.263 e. The molecule has 166 valence electrons. The molecule has 1 fully saturated rings. The Balaban J connectivity index is 1.55. The number of carbonyl (C=O) groups is 1. The summed E-state index contributed by atoms with van der Waals surface area (Å²) in [4.78, 5) is 33.2. The molecule has 1 N–H and O–H groups in total. The molecule has 6 nitrogen and oxygen atoms in total. The number of benzene rings is 3. The van der Waals surface area contributed by atoms with Gasteiger partial charge in [-0.05, 0) is 54.8 Å². The van der Waals surface area contributed by atoms with Crippen LogP contribution in [0.4, 0.5) is 16.0 Å². The maximum absolute atomic E-state index is 13.5. The summed E-state index contributed by atoms with van der Waals surface area (Å²) in [7, 11) is 0. The standard InChI is InChI=1S/C26H23FN4O2/c27-20-9-6-10-21(16-20)28-24(32)19-11-12-22-23(15-19)29-26(30-13-4-5-14-30)31(25(22)33)17-18-7-2-1-3-8-18/h1-3,6-12,15-16H,4-5,13-14,17H2,(H,28,32). The summed E-state index contributed by atoms with van der Waals surface area (Å²) in [6.45, 7) is 2.11. The van der Waals surface area contributed by atoms with E-state index in [1.807, 2.05) is 30.3 Å². The fourth-order valence-corrected chi connectivity index (χ4v) is 4.19. The van der Waals surface area contributed by atoms with Crippen LogP contribution in [-0.2, 0) is 6.54 Å². The molecule has 0 bridgehead atoms. The number of anilines is 2. The SMILES string of the molecule is O=C(Nc1cccc(F)c1)c1ccc2c(=O)n(Cc3ccccc3)c(N3CCCC3)nc2c1. The second-order valence-corrected chi connectivity index (χ2v) is 8.18. The first-order valence-corrected chi connectivity index (χ1v) is 11.0. The molecule has 1 aliphatic rings. The van der Waals surface area contributed by atoms with Crippen molar-refractivity contribution in [1.82, 2.24) is 9.55 Å². The number of aromatic nitrogens is 2. The van der Waals surface area contributed by atoms with Crippen molar-refractivity contribution in [2.24, 2.45) is 0 Å². The summed E-state index contributed by atoms with van der Waals surface area (Å²) in [5.74, 6) is -0.195. The third kappa shape index (κ3) is 4.35. The second-order valence-electron chi connectivity index (χ2n) is 8.18. The van der Waals surface area contributed by atoms with Crippen LogP contribution in [0.2, 0.25) is 0 Å². The molecule has 1 amide bonds. The second kappa shape index (κ2) is 8.86. The number of fused-ring (bicyclic) bond motifs is 1. The van der Waals surface area contributed by atoms with Gasteiger partial charge in [0.25, 0.3) is 11.5 Å². The maximum Gasteiger partial charge on any atom is 0.263 e. The number of hydrogen-bond donors (Lipinski definition) is 1. The maximum atomic E-state index is 13.5. The van der Waals surface area contributed by atoms with Gasteiger partial charge in [-0.2, -0.15) is 0 Å². The minimum Gasteiger partial charge on any atom is -0.342 e. The minimum absolute atomic E-state index is 0.136. The Morgan fingerprint density at radius 1 is 0.970 bits per heavy atom. The summed E-state index contributed by atoms with van der Waals surface area (Å²) in [6, 6.07) is 20.4. The van der Waals surface area contributed by atoms with Crippen LogP contribution >= 0.6 is 0 Å². The number of amides is 1. The molecule has 3 aromatic carbocycles. The van der Waals surface area contributed by atoms with Crippen LogP contribution in [-0.4, -0.2) is 28.5 Å². The summed E-state index contributed by atoms with van der Waals surface area (Å²) in [5.41, 5.74) is 2.07. The molecular weight excluding hydrogens is 419 g/mol. The van der Waals surface area contributed by atoms with Crippen molar-refractivity contribution in [3.05, 3.63) is 100 Å². The Morgan fingerprint density at radius 2 is 1.76 bits per heavy atom. The summed E-state index contributed by atoms with van der Waals surface area (Å²) >= 11 is 0. The highest BCUT2D eigenvalue weighted by atomic mass is 19.1. The molecule has 7 heteroatoms. The molecule has 1 aliphatic heterocycles. The van der Waals surface area contributed by atoms with E-state index in [0.717, 1.165) is 31.5 Å². The lowest BCUT2D eigenvalue weighted by Crippen LogP contribution is -2.31. The summed E-state index contributed by atoms with van der Waals surface area (Å²) in [6.07, 6.45) is 2.10. The van der Waals surface area contributed by atoms with Gasteiger partial charge in [-0.1, -0.05) is 36.4 Å². The van der Waals surface area contributed by atoms with Crippen molar-refractivity contribution < 1.29 is 9.18 Å². The highest BCUT2D eigenvalue weighted by molar-refractivity contribution is 6.06. The predicted octanol–water partition coefficient (Wildman–Crippen LogP) is 4.44. The lowest BCUT2D eigenvalue weighted by molar-refractivity contribution is 0.102. The van der Waals surface area contributed by atoms with E-state index in [1.54, 1.807) is 28.8 Å². The quantitative estimate of drug-likeness (QED) is 0.496. The van der Waals surface area contributed by atoms with E-state index in [9.17, 15) is 14.0 Å². The number of nitrogens with one attached hydrogen (secondary N) is 1. The van der Waals surface area contributed by atoms with Crippen molar-refractivity contribution in [2.45, 2.75) is 19.4 Å². The van der Waals surface area contributed by atoms with Crippen LogP contribution in [0.1, 0.15) is 28.8 Å². The van der Waals surface area contributed by atoms with Gasteiger partial charge >= 0.3 is 0 Å². The third-order valence-corrected chi connectivity index (χ3v) is 5.85. The van der Waals surface area contributed by atoms with Gasteiger partial charge in [0.15, 0.2) is 0 Å². The van der Waals surface area contributed by atoms with Crippen molar-refractivity contribution >= 4 is 28.4 Å². The van der Waals surface area contributed by atoms with Crippen LogP contribution in [0.3, 0.4) is 0 Å². The normalized spacial score (nSPS) is 13.4. The molecule has 0 saturated carbocycles. The molecule has 4 aromatic rings. The van der Waals surface area contributed by atoms with Crippen molar-refractivity contribution in [2.75, 3.05) is 23.3 Å². The first-order valence-electron chi connectivity index (χ1n) is 11.0. The first kappa shape index (κ1) is 20.9. The van der Waals surface area contributed by atoms with Crippen LogP contribution in [0.25, 0.3) is 10.9 Å². The lowest BCUT2D eigenvalue weighted by atomic mass is 10.1. The molecule has 2 heterocycles. The molecule has 5 rings (SSSR count). The van der Waals surface area contributed by atoms with E-state index in [1.165, 1.54) is 18.2 Å². The zero-order chi connectivity index (χ0) is 22.8. The van der Waals surface area contributed by atoms with E-state index in [2.05, 4.69) is 10.2 Å². The Bertz CT molecular complexity index is 1380. The molecule has 1 aromatic heterocycles. The molecule has 33 heavy (non-hydrogen) atoms. The Morgan fingerprint density at radius 3 is 2.52 bits per heavy atom. The zero-order valence-electron chi connectivity index (χ0n) is 18.0. The van der Waals surface area contributed by atoms with Crippen LogP contribution in [0.5, 0.6) is 0 Å². The molecule has 0 spiro atoms. The fraction of sp³-hybridized carbons (Fsp3) is 0.192. The number of carbonyl (C=O) groups excluding carboxylic acids is 1. The lowest BCUT2D eigenvalue weighted by Gasteiger charge is -2.22. The van der Waals surface area contributed by atoms with Gasteiger partial charge in [0.05, 0.1) is 17.4 Å². The zero-order valence-corrected chi connectivity index (χ0v) is 18.0. The largest absolute Gasteiger partial charge is 0.342 e. The number of halogens is 1. The van der Waals surface area contributed by atoms with Gasteiger partial charge in [0.1, 0.15) is 5.82 Å². The van der Waals surface area contributed by atoms with E-state index in [-0.39, 0.29) is 11.5 Å². The number of nitrogens with zero attached hydrogens (tertiary/aromatic N) is 3. The molecular formula is C26H23FN4O2. The highest BCUT2D eigenvalue weighted by Crippen LogP contribution is 2.22.